The van der Waals surface area contributed by atoms with Crippen LogP contribution in [0.4, 0.5) is 0 Å². The van der Waals surface area contributed by atoms with E-state index in [1.54, 1.807) is 6.92 Å². The first-order chi connectivity index (χ1) is 8.60. The van der Waals surface area contributed by atoms with E-state index in [0.29, 0.717) is 18.6 Å². The molecule has 2 N–H and O–H groups in total. The van der Waals surface area contributed by atoms with Gasteiger partial charge in [0.05, 0.1) is 18.8 Å². The van der Waals surface area contributed by atoms with Crippen molar-refractivity contribution in [3.05, 3.63) is 11.6 Å². The summed E-state index contributed by atoms with van der Waals surface area (Å²) in [7, 11) is 0. The summed E-state index contributed by atoms with van der Waals surface area (Å²) in [5.74, 6) is -0.259. The minimum Gasteiger partial charge on any atom is -0.463 e. The molecule has 0 unspecified atom stereocenters. The molecule has 1 rings (SSSR count). The summed E-state index contributed by atoms with van der Waals surface area (Å²) in [6.07, 6.45) is 5.38. The molecule has 0 heterocycles. The molecule has 0 bridgehead atoms. The van der Waals surface area contributed by atoms with Crippen molar-refractivity contribution >= 4 is 5.97 Å². The Bertz CT molecular complexity index is 297. The quantitative estimate of drug-likeness (QED) is 0.739. The number of nitrogens with two attached hydrogens (primary N) is 1. The molecule has 18 heavy (non-hydrogen) atoms. The zero-order chi connectivity index (χ0) is 13.5. The van der Waals surface area contributed by atoms with Crippen molar-refractivity contribution < 1.29 is 14.3 Å². The monoisotopic (exact) mass is 255 g/mol. The number of hydrogen-bond donors (Lipinski definition) is 1. The number of carbonyl (C=O) groups is 1. The van der Waals surface area contributed by atoms with Gasteiger partial charge in [-0.05, 0) is 38.7 Å². The van der Waals surface area contributed by atoms with Crippen LogP contribution in [0.3, 0.4) is 0 Å². The molecular formula is C14H25NO3. The molecule has 1 aliphatic rings. The van der Waals surface area contributed by atoms with Gasteiger partial charge in [-0.3, -0.25) is 0 Å². The van der Waals surface area contributed by atoms with Crippen molar-refractivity contribution in [2.45, 2.75) is 64.7 Å². The zero-order valence-corrected chi connectivity index (χ0v) is 11.6. The molecule has 4 heteroatoms. The van der Waals surface area contributed by atoms with Crippen molar-refractivity contribution in [2.24, 2.45) is 5.73 Å². The maximum Gasteiger partial charge on any atom is 0.333 e. The first-order valence-electron chi connectivity index (χ1n) is 6.89. The third kappa shape index (κ3) is 4.42. The largest absolute Gasteiger partial charge is 0.463 e. The van der Waals surface area contributed by atoms with E-state index in [1.165, 1.54) is 0 Å². The Morgan fingerprint density at radius 2 is 2.11 bits per heavy atom. The first kappa shape index (κ1) is 15.2. The van der Waals surface area contributed by atoms with Gasteiger partial charge in [-0.15, -0.1) is 0 Å². The van der Waals surface area contributed by atoms with Gasteiger partial charge in [-0.1, -0.05) is 13.8 Å². The fourth-order valence-corrected chi connectivity index (χ4v) is 2.22. The Kier molecular flexibility index (Phi) is 6.36. The molecule has 0 radical (unpaired) electrons. The highest BCUT2D eigenvalue weighted by molar-refractivity contribution is 5.88. The second-order valence-electron chi connectivity index (χ2n) is 4.73. The topological polar surface area (TPSA) is 61.5 Å². The highest BCUT2D eigenvalue weighted by Crippen LogP contribution is 2.23. The van der Waals surface area contributed by atoms with Crippen LogP contribution in [-0.4, -0.2) is 30.8 Å². The lowest BCUT2D eigenvalue weighted by molar-refractivity contribution is -0.139. The zero-order valence-electron chi connectivity index (χ0n) is 11.6. The Morgan fingerprint density at radius 1 is 1.44 bits per heavy atom. The number of carbonyl (C=O) groups excluding carboxylic acids is 1. The van der Waals surface area contributed by atoms with E-state index in [1.807, 2.05) is 6.08 Å². The van der Waals surface area contributed by atoms with Gasteiger partial charge >= 0.3 is 5.97 Å². The predicted molar refractivity (Wildman–Crippen MR) is 71.2 cm³/mol. The molecule has 2 atom stereocenters. The van der Waals surface area contributed by atoms with Crippen LogP contribution in [0.15, 0.2) is 11.6 Å². The first-order valence-corrected chi connectivity index (χ1v) is 6.89. The molecule has 4 nitrogen and oxygen atoms in total. The Morgan fingerprint density at radius 3 is 2.67 bits per heavy atom. The Labute approximate surface area is 110 Å². The lowest BCUT2D eigenvalue weighted by atomic mass is 9.93. The number of hydrogen-bond acceptors (Lipinski definition) is 4. The fraction of sp³-hybridized carbons (Fsp3) is 0.786. The maximum absolute atomic E-state index is 11.7. The van der Waals surface area contributed by atoms with Gasteiger partial charge in [-0.2, -0.15) is 0 Å². The van der Waals surface area contributed by atoms with E-state index >= 15 is 0 Å². The van der Waals surface area contributed by atoms with Crippen molar-refractivity contribution in [1.29, 1.82) is 0 Å². The smallest absolute Gasteiger partial charge is 0.333 e. The minimum absolute atomic E-state index is 0.0197. The highest BCUT2D eigenvalue weighted by Gasteiger charge is 2.26. The molecule has 0 amide bonds. The fourth-order valence-electron chi connectivity index (χ4n) is 2.22. The molecule has 0 saturated heterocycles. The van der Waals surface area contributed by atoms with Gasteiger partial charge in [-0.25, -0.2) is 4.79 Å². The molecule has 0 fully saturated rings. The van der Waals surface area contributed by atoms with E-state index in [-0.39, 0.29) is 24.2 Å². The van der Waals surface area contributed by atoms with Crippen molar-refractivity contribution in [3.63, 3.8) is 0 Å². The standard InChI is InChI=1S/C14H25NO3/c1-4-12(5-2)18-13-8-10(7-11(15)9-13)14(16)17-6-3/h8,11-13H,4-7,9,15H2,1-3H3/t11-,13-/m1/s1. The lowest BCUT2D eigenvalue weighted by Crippen LogP contribution is -2.35. The second-order valence-corrected chi connectivity index (χ2v) is 4.73. The van der Waals surface area contributed by atoms with Gasteiger partial charge in [0.15, 0.2) is 0 Å². The number of esters is 1. The number of ether oxygens (including phenoxy) is 2. The van der Waals surface area contributed by atoms with Gasteiger partial charge in [0, 0.05) is 11.6 Å². The molecule has 0 aromatic heterocycles. The van der Waals surface area contributed by atoms with Crippen LogP contribution in [0.1, 0.15) is 46.5 Å². The van der Waals surface area contributed by atoms with Gasteiger partial charge < -0.3 is 15.2 Å². The van der Waals surface area contributed by atoms with E-state index in [9.17, 15) is 4.79 Å². The summed E-state index contributed by atoms with van der Waals surface area (Å²) >= 11 is 0. The van der Waals surface area contributed by atoms with Crippen molar-refractivity contribution in [1.82, 2.24) is 0 Å². The SMILES string of the molecule is CCOC(=O)C1=C[C@@H](OC(CC)CC)C[C@H](N)C1. The van der Waals surface area contributed by atoms with Crippen molar-refractivity contribution in [3.8, 4) is 0 Å². The molecule has 104 valence electrons. The molecule has 0 aliphatic heterocycles. The van der Waals surface area contributed by atoms with Crippen LogP contribution in [0.2, 0.25) is 0 Å². The van der Waals surface area contributed by atoms with E-state index in [4.69, 9.17) is 15.2 Å². The highest BCUT2D eigenvalue weighted by atomic mass is 16.5. The Hall–Kier alpha value is -0.870. The molecule has 0 saturated carbocycles. The van der Waals surface area contributed by atoms with Crippen LogP contribution >= 0.6 is 0 Å². The van der Waals surface area contributed by atoms with Gasteiger partial charge in [0.2, 0.25) is 0 Å². The van der Waals surface area contributed by atoms with Crippen LogP contribution in [-0.2, 0) is 14.3 Å². The van der Waals surface area contributed by atoms with Crippen LogP contribution in [0.25, 0.3) is 0 Å². The van der Waals surface area contributed by atoms with Crippen LogP contribution in [0.5, 0.6) is 0 Å². The second kappa shape index (κ2) is 7.54. The molecule has 1 aliphatic carbocycles. The van der Waals surface area contributed by atoms with E-state index in [0.717, 1.165) is 19.3 Å². The summed E-state index contributed by atoms with van der Waals surface area (Å²) in [6.45, 7) is 6.41. The lowest BCUT2D eigenvalue weighted by Gasteiger charge is -2.28. The van der Waals surface area contributed by atoms with Crippen LogP contribution < -0.4 is 5.73 Å². The van der Waals surface area contributed by atoms with Crippen molar-refractivity contribution in [2.75, 3.05) is 6.61 Å². The summed E-state index contributed by atoms with van der Waals surface area (Å²) in [6, 6.07) is -0.0197. The minimum atomic E-state index is -0.259. The third-order valence-corrected chi connectivity index (χ3v) is 3.22. The maximum atomic E-state index is 11.7. The third-order valence-electron chi connectivity index (χ3n) is 3.22. The Balaban J connectivity index is 2.67. The van der Waals surface area contributed by atoms with Gasteiger partial charge in [0.25, 0.3) is 0 Å². The van der Waals surface area contributed by atoms with E-state index in [2.05, 4.69) is 13.8 Å². The predicted octanol–water partition coefficient (Wildman–Crippen LogP) is 2.17. The summed E-state index contributed by atoms with van der Waals surface area (Å²) in [5.41, 5.74) is 6.64. The van der Waals surface area contributed by atoms with Crippen LogP contribution in [0, 0.1) is 0 Å². The molecule has 0 aromatic rings. The molecular weight excluding hydrogens is 230 g/mol. The van der Waals surface area contributed by atoms with Gasteiger partial charge in [0.1, 0.15) is 0 Å². The van der Waals surface area contributed by atoms with E-state index < -0.39 is 0 Å². The summed E-state index contributed by atoms with van der Waals surface area (Å²) < 4.78 is 11.0. The molecule has 0 spiro atoms. The summed E-state index contributed by atoms with van der Waals surface area (Å²) in [4.78, 5) is 11.7. The summed E-state index contributed by atoms with van der Waals surface area (Å²) in [5, 5.41) is 0. The average Bonchev–Trinajstić information content (AvgIpc) is 2.35. The average molecular weight is 255 g/mol. The molecule has 0 aromatic carbocycles. The number of rotatable bonds is 6. The normalized spacial score (nSPS) is 23.9.